The molecule has 0 aromatic carbocycles. The van der Waals surface area contributed by atoms with Crippen LogP contribution < -0.4 is 10.6 Å². The summed E-state index contributed by atoms with van der Waals surface area (Å²) in [7, 11) is 0. The molecule has 0 saturated carbocycles. The minimum absolute atomic E-state index is 0. The SMILES string of the molecule is CCNC(=O)CN(CC)C(=O)CC1CNCCO1.Cl. The molecule has 19 heavy (non-hydrogen) atoms. The van der Waals surface area contributed by atoms with Crippen molar-refractivity contribution in [3.05, 3.63) is 0 Å². The zero-order valence-electron chi connectivity index (χ0n) is 11.6. The summed E-state index contributed by atoms with van der Waals surface area (Å²) in [6.45, 7) is 7.15. The molecule has 1 atom stereocenters. The van der Waals surface area contributed by atoms with Crippen LogP contribution in [0.5, 0.6) is 0 Å². The van der Waals surface area contributed by atoms with Crippen molar-refractivity contribution >= 4 is 24.2 Å². The smallest absolute Gasteiger partial charge is 0.239 e. The Morgan fingerprint density at radius 3 is 2.68 bits per heavy atom. The Kier molecular flexibility index (Phi) is 9.55. The maximum absolute atomic E-state index is 12.0. The Hall–Kier alpha value is -0.850. The molecule has 0 aromatic heterocycles. The van der Waals surface area contributed by atoms with Gasteiger partial charge in [0, 0.05) is 26.2 Å². The van der Waals surface area contributed by atoms with E-state index in [1.165, 1.54) is 0 Å². The van der Waals surface area contributed by atoms with E-state index in [0.29, 0.717) is 32.7 Å². The van der Waals surface area contributed by atoms with Crippen molar-refractivity contribution in [1.82, 2.24) is 15.5 Å². The molecule has 1 saturated heterocycles. The van der Waals surface area contributed by atoms with Gasteiger partial charge in [-0.2, -0.15) is 0 Å². The Labute approximate surface area is 120 Å². The molecule has 6 nitrogen and oxygen atoms in total. The van der Waals surface area contributed by atoms with Gasteiger partial charge in [-0.15, -0.1) is 12.4 Å². The van der Waals surface area contributed by atoms with Gasteiger partial charge >= 0.3 is 0 Å². The van der Waals surface area contributed by atoms with E-state index in [1.807, 2.05) is 13.8 Å². The molecule has 1 heterocycles. The van der Waals surface area contributed by atoms with Crippen LogP contribution in [0.4, 0.5) is 0 Å². The molecular formula is C12H24ClN3O3. The van der Waals surface area contributed by atoms with Crippen LogP contribution in [-0.2, 0) is 14.3 Å². The zero-order valence-corrected chi connectivity index (χ0v) is 12.4. The van der Waals surface area contributed by atoms with E-state index in [1.54, 1.807) is 4.90 Å². The van der Waals surface area contributed by atoms with Gasteiger partial charge in [0.2, 0.25) is 11.8 Å². The number of halogens is 1. The Morgan fingerprint density at radius 1 is 1.42 bits per heavy atom. The highest BCUT2D eigenvalue weighted by atomic mass is 35.5. The largest absolute Gasteiger partial charge is 0.375 e. The second kappa shape index (κ2) is 10.00. The summed E-state index contributed by atoms with van der Waals surface area (Å²) < 4.78 is 5.49. The van der Waals surface area contributed by atoms with Crippen molar-refractivity contribution in [3.8, 4) is 0 Å². The van der Waals surface area contributed by atoms with E-state index in [4.69, 9.17) is 4.74 Å². The molecular weight excluding hydrogens is 270 g/mol. The lowest BCUT2D eigenvalue weighted by atomic mass is 10.2. The summed E-state index contributed by atoms with van der Waals surface area (Å²) >= 11 is 0. The van der Waals surface area contributed by atoms with Crippen LogP contribution >= 0.6 is 12.4 Å². The minimum atomic E-state index is -0.115. The monoisotopic (exact) mass is 293 g/mol. The van der Waals surface area contributed by atoms with E-state index < -0.39 is 0 Å². The number of hydrogen-bond donors (Lipinski definition) is 2. The van der Waals surface area contributed by atoms with E-state index in [2.05, 4.69) is 10.6 Å². The molecule has 0 spiro atoms. The molecule has 1 unspecified atom stereocenters. The van der Waals surface area contributed by atoms with E-state index in [-0.39, 0.29) is 36.9 Å². The number of ether oxygens (including phenoxy) is 1. The van der Waals surface area contributed by atoms with Gasteiger partial charge in [0.25, 0.3) is 0 Å². The second-order valence-corrected chi connectivity index (χ2v) is 4.26. The molecule has 0 bridgehead atoms. The first kappa shape index (κ1) is 18.1. The maximum Gasteiger partial charge on any atom is 0.239 e. The Balaban J connectivity index is 0.00000324. The van der Waals surface area contributed by atoms with Crippen LogP contribution in [0, 0.1) is 0 Å². The number of carbonyl (C=O) groups excluding carboxylic acids is 2. The third kappa shape index (κ3) is 6.75. The molecule has 1 aliphatic heterocycles. The molecule has 0 aromatic rings. The maximum atomic E-state index is 12.0. The van der Waals surface area contributed by atoms with E-state index in [0.717, 1.165) is 6.54 Å². The number of amides is 2. The standard InChI is InChI=1S/C12H23N3O3.ClH/c1-3-14-11(16)9-15(4-2)12(17)7-10-8-13-5-6-18-10;/h10,13H,3-9H2,1-2H3,(H,14,16);1H. The average Bonchev–Trinajstić information content (AvgIpc) is 2.37. The molecule has 7 heteroatoms. The number of rotatable bonds is 6. The van der Waals surface area contributed by atoms with Crippen molar-refractivity contribution in [2.24, 2.45) is 0 Å². The van der Waals surface area contributed by atoms with Crippen LogP contribution in [0.15, 0.2) is 0 Å². The lowest BCUT2D eigenvalue weighted by molar-refractivity contribution is -0.138. The quantitative estimate of drug-likeness (QED) is 0.710. The van der Waals surface area contributed by atoms with Crippen LogP contribution in [0.3, 0.4) is 0 Å². The summed E-state index contributed by atoms with van der Waals surface area (Å²) in [5, 5.41) is 5.88. The molecule has 1 aliphatic rings. The van der Waals surface area contributed by atoms with Crippen molar-refractivity contribution in [3.63, 3.8) is 0 Å². The van der Waals surface area contributed by atoms with Crippen LogP contribution in [-0.4, -0.2) is 62.1 Å². The summed E-state index contributed by atoms with van der Waals surface area (Å²) in [6.07, 6.45) is 0.259. The second-order valence-electron chi connectivity index (χ2n) is 4.26. The van der Waals surface area contributed by atoms with Crippen molar-refractivity contribution in [1.29, 1.82) is 0 Å². The highest BCUT2D eigenvalue weighted by Gasteiger charge is 2.21. The number of carbonyl (C=O) groups is 2. The predicted octanol–water partition coefficient (Wildman–Crippen LogP) is -0.229. The summed E-state index contributed by atoms with van der Waals surface area (Å²) in [6, 6.07) is 0. The molecule has 0 aliphatic carbocycles. The number of hydrogen-bond acceptors (Lipinski definition) is 4. The Morgan fingerprint density at radius 2 is 2.16 bits per heavy atom. The normalized spacial score (nSPS) is 18.3. The first-order valence-electron chi connectivity index (χ1n) is 6.54. The van der Waals surface area contributed by atoms with Crippen molar-refractivity contribution < 1.29 is 14.3 Å². The first-order valence-corrected chi connectivity index (χ1v) is 6.54. The molecule has 2 N–H and O–H groups in total. The summed E-state index contributed by atoms with van der Waals surface area (Å²) in [5.41, 5.74) is 0. The fraction of sp³-hybridized carbons (Fsp3) is 0.833. The van der Waals surface area contributed by atoms with Crippen molar-refractivity contribution in [2.75, 3.05) is 39.3 Å². The summed E-state index contributed by atoms with van der Waals surface area (Å²) in [4.78, 5) is 25.0. The third-order valence-corrected chi connectivity index (χ3v) is 2.85. The van der Waals surface area contributed by atoms with E-state index in [9.17, 15) is 9.59 Å². The average molecular weight is 294 g/mol. The van der Waals surface area contributed by atoms with Gasteiger partial charge in [-0.05, 0) is 13.8 Å². The van der Waals surface area contributed by atoms with E-state index >= 15 is 0 Å². The molecule has 112 valence electrons. The minimum Gasteiger partial charge on any atom is -0.375 e. The Bertz CT molecular complexity index is 283. The number of nitrogens with zero attached hydrogens (tertiary/aromatic N) is 1. The fourth-order valence-corrected chi connectivity index (χ4v) is 1.88. The van der Waals surface area contributed by atoms with Gasteiger partial charge in [-0.25, -0.2) is 0 Å². The highest BCUT2D eigenvalue weighted by molar-refractivity contribution is 5.85. The number of nitrogens with one attached hydrogen (secondary N) is 2. The summed E-state index contributed by atoms with van der Waals surface area (Å²) in [5.74, 6) is -0.146. The fourth-order valence-electron chi connectivity index (χ4n) is 1.88. The lowest BCUT2D eigenvalue weighted by Crippen LogP contribution is -2.45. The van der Waals surface area contributed by atoms with Crippen LogP contribution in [0.2, 0.25) is 0 Å². The van der Waals surface area contributed by atoms with Gasteiger partial charge < -0.3 is 20.3 Å². The van der Waals surface area contributed by atoms with Crippen LogP contribution in [0.1, 0.15) is 20.3 Å². The molecule has 0 radical (unpaired) electrons. The zero-order chi connectivity index (χ0) is 13.4. The van der Waals surface area contributed by atoms with Crippen molar-refractivity contribution in [2.45, 2.75) is 26.4 Å². The van der Waals surface area contributed by atoms with Gasteiger partial charge in [-0.3, -0.25) is 9.59 Å². The number of likely N-dealkylation sites (N-methyl/N-ethyl adjacent to an activating group) is 2. The van der Waals surface area contributed by atoms with Gasteiger partial charge in [0.05, 0.1) is 25.7 Å². The molecule has 1 rings (SSSR count). The third-order valence-electron chi connectivity index (χ3n) is 2.85. The van der Waals surface area contributed by atoms with Crippen LogP contribution in [0.25, 0.3) is 0 Å². The predicted molar refractivity (Wildman–Crippen MR) is 75.4 cm³/mol. The van der Waals surface area contributed by atoms with Gasteiger partial charge in [0.15, 0.2) is 0 Å². The highest BCUT2D eigenvalue weighted by Crippen LogP contribution is 2.05. The number of morpholine rings is 1. The molecule has 1 fully saturated rings. The van der Waals surface area contributed by atoms with Gasteiger partial charge in [0.1, 0.15) is 0 Å². The first-order chi connectivity index (χ1) is 8.67. The lowest BCUT2D eigenvalue weighted by Gasteiger charge is -2.26. The topological polar surface area (TPSA) is 70.7 Å². The molecule has 2 amide bonds. The van der Waals surface area contributed by atoms with Gasteiger partial charge in [-0.1, -0.05) is 0 Å².